The van der Waals surface area contributed by atoms with E-state index >= 15 is 0 Å². The molecule has 0 fully saturated rings. The van der Waals surface area contributed by atoms with E-state index in [1.807, 2.05) is 13.8 Å². The van der Waals surface area contributed by atoms with Gasteiger partial charge in [0.15, 0.2) is 0 Å². The van der Waals surface area contributed by atoms with Gasteiger partial charge in [-0.1, -0.05) is 13.8 Å². The highest BCUT2D eigenvalue weighted by Crippen LogP contribution is 2.11. The summed E-state index contributed by atoms with van der Waals surface area (Å²) in [6.45, 7) is 6.47. The van der Waals surface area contributed by atoms with Gasteiger partial charge in [0.1, 0.15) is 11.5 Å². The Morgan fingerprint density at radius 1 is 1.29 bits per heavy atom. The number of nitrogens with two attached hydrogens (primary N) is 1. The Balaban J connectivity index is 3.08. The molecule has 0 unspecified atom stereocenters. The lowest BCUT2D eigenvalue weighted by Gasteiger charge is -2.17. The van der Waals surface area contributed by atoms with Crippen molar-refractivity contribution in [2.75, 3.05) is 24.1 Å². The first-order chi connectivity index (χ1) is 9.75. The summed E-state index contributed by atoms with van der Waals surface area (Å²) >= 11 is 0. The van der Waals surface area contributed by atoms with E-state index < -0.39 is 11.2 Å². The van der Waals surface area contributed by atoms with Crippen molar-refractivity contribution in [2.45, 2.75) is 27.3 Å². The average Bonchev–Trinajstić information content (AvgIpc) is 2.40. The minimum atomic E-state index is -0.472. The molecule has 21 heavy (non-hydrogen) atoms. The fourth-order valence-electron chi connectivity index (χ4n) is 1.92. The summed E-state index contributed by atoms with van der Waals surface area (Å²) in [7, 11) is 1.42. The molecular formula is C13H23N5O3. The average molecular weight is 297 g/mol. The second-order valence-corrected chi connectivity index (χ2v) is 5.32. The highest BCUT2D eigenvalue weighted by molar-refractivity contribution is 5.72. The van der Waals surface area contributed by atoms with E-state index in [1.54, 1.807) is 0 Å². The number of nitrogens with one attached hydrogen (secondary N) is 2. The maximum atomic E-state index is 12.1. The summed E-state index contributed by atoms with van der Waals surface area (Å²) in [4.78, 5) is 35.0. The number of amides is 1. The number of aromatic nitrogens is 2. The van der Waals surface area contributed by atoms with Gasteiger partial charge in [-0.05, 0) is 5.92 Å². The molecule has 0 aliphatic carbocycles. The monoisotopic (exact) mass is 297 g/mol. The molecule has 8 nitrogen and oxygen atoms in total. The van der Waals surface area contributed by atoms with Gasteiger partial charge in [0, 0.05) is 33.6 Å². The van der Waals surface area contributed by atoms with Gasteiger partial charge < -0.3 is 16.4 Å². The maximum Gasteiger partial charge on any atom is 0.332 e. The van der Waals surface area contributed by atoms with Crippen LogP contribution in [0.5, 0.6) is 0 Å². The van der Waals surface area contributed by atoms with Crippen molar-refractivity contribution < 1.29 is 4.79 Å². The number of hydrogen-bond acceptors (Lipinski definition) is 5. The fraction of sp³-hybridized carbons (Fsp3) is 0.615. The maximum absolute atomic E-state index is 12.1. The van der Waals surface area contributed by atoms with Crippen LogP contribution in [0.2, 0.25) is 0 Å². The Morgan fingerprint density at radius 3 is 2.43 bits per heavy atom. The van der Waals surface area contributed by atoms with Crippen molar-refractivity contribution >= 4 is 17.4 Å². The summed E-state index contributed by atoms with van der Waals surface area (Å²) < 4.78 is 2.41. The summed E-state index contributed by atoms with van der Waals surface area (Å²) in [6, 6.07) is 0. The van der Waals surface area contributed by atoms with Crippen LogP contribution in [-0.2, 0) is 18.4 Å². The molecule has 1 amide bonds. The summed E-state index contributed by atoms with van der Waals surface area (Å²) in [6.07, 6.45) is 0. The van der Waals surface area contributed by atoms with Gasteiger partial charge in [-0.2, -0.15) is 0 Å². The SMILES string of the molecule is CC(=O)NCCNc1c(N)n(CC(C)C)c(=O)n(C)c1=O. The predicted octanol–water partition coefficient (Wildman–Crippen LogP) is -0.667. The molecule has 8 heteroatoms. The quantitative estimate of drug-likeness (QED) is 0.603. The molecule has 1 rings (SSSR count). The minimum Gasteiger partial charge on any atom is -0.383 e. The number of nitrogens with zero attached hydrogens (tertiary/aromatic N) is 2. The van der Waals surface area contributed by atoms with Crippen LogP contribution in [0.15, 0.2) is 9.59 Å². The second-order valence-electron chi connectivity index (χ2n) is 5.32. The smallest absolute Gasteiger partial charge is 0.332 e. The fourth-order valence-corrected chi connectivity index (χ4v) is 1.92. The van der Waals surface area contributed by atoms with Crippen LogP contribution in [0.1, 0.15) is 20.8 Å². The number of nitrogen functional groups attached to an aromatic ring is 1. The van der Waals surface area contributed by atoms with Crippen LogP contribution < -0.4 is 27.6 Å². The molecule has 0 atom stereocenters. The van der Waals surface area contributed by atoms with Crippen molar-refractivity contribution in [3.05, 3.63) is 20.8 Å². The highest BCUT2D eigenvalue weighted by Gasteiger charge is 2.15. The molecule has 0 saturated carbocycles. The van der Waals surface area contributed by atoms with E-state index in [9.17, 15) is 14.4 Å². The third-order valence-electron chi connectivity index (χ3n) is 2.93. The van der Waals surface area contributed by atoms with Crippen LogP contribution in [0.25, 0.3) is 0 Å². The zero-order valence-electron chi connectivity index (χ0n) is 12.9. The molecule has 4 N–H and O–H groups in total. The van der Waals surface area contributed by atoms with E-state index in [4.69, 9.17) is 5.73 Å². The molecule has 118 valence electrons. The van der Waals surface area contributed by atoms with Crippen LogP contribution in [0.3, 0.4) is 0 Å². The Bertz CT molecular complexity index is 630. The number of rotatable bonds is 6. The van der Waals surface area contributed by atoms with Crippen LogP contribution in [-0.4, -0.2) is 28.1 Å². The zero-order chi connectivity index (χ0) is 16.2. The summed E-state index contributed by atoms with van der Waals surface area (Å²) in [5.74, 6) is 0.191. The zero-order valence-corrected chi connectivity index (χ0v) is 12.9. The Labute approximate surface area is 122 Å². The Morgan fingerprint density at radius 2 is 1.90 bits per heavy atom. The standard InChI is InChI=1S/C13H23N5O3/c1-8(2)7-18-11(14)10(12(20)17(4)13(18)21)16-6-5-15-9(3)19/h8,16H,5-7,14H2,1-4H3,(H,15,19). The molecule has 0 aromatic carbocycles. The molecular weight excluding hydrogens is 274 g/mol. The second kappa shape index (κ2) is 6.96. The van der Waals surface area contributed by atoms with E-state index in [1.165, 1.54) is 18.5 Å². The number of carbonyl (C=O) groups excluding carboxylic acids is 1. The van der Waals surface area contributed by atoms with Crippen LogP contribution in [0, 0.1) is 5.92 Å². The lowest BCUT2D eigenvalue weighted by Crippen LogP contribution is -2.42. The van der Waals surface area contributed by atoms with Crippen molar-refractivity contribution in [1.29, 1.82) is 0 Å². The third-order valence-corrected chi connectivity index (χ3v) is 2.93. The normalized spacial score (nSPS) is 10.7. The van der Waals surface area contributed by atoms with Crippen LogP contribution in [0.4, 0.5) is 11.5 Å². The first-order valence-electron chi connectivity index (χ1n) is 6.83. The number of anilines is 2. The van der Waals surface area contributed by atoms with E-state index in [-0.39, 0.29) is 23.3 Å². The largest absolute Gasteiger partial charge is 0.383 e. The summed E-state index contributed by atoms with van der Waals surface area (Å²) in [5.41, 5.74) is 5.22. The molecule has 1 heterocycles. The highest BCUT2D eigenvalue weighted by atomic mass is 16.2. The van der Waals surface area contributed by atoms with Crippen molar-refractivity contribution in [3.8, 4) is 0 Å². The predicted molar refractivity (Wildman–Crippen MR) is 82.4 cm³/mol. The molecule has 0 saturated heterocycles. The van der Waals surface area contributed by atoms with Crippen molar-refractivity contribution in [2.24, 2.45) is 13.0 Å². The lowest BCUT2D eigenvalue weighted by atomic mass is 10.2. The van der Waals surface area contributed by atoms with E-state index in [0.717, 1.165) is 4.57 Å². The molecule has 1 aromatic rings. The molecule has 1 aromatic heterocycles. The van der Waals surface area contributed by atoms with Gasteiger partial charge in [-0.15, -0.1) is 0 Å². The topological polar surface area (TPSA) is 111 Å². The van der Waals surface area contributed by atoms with Gasteiger partial charge in [0.2, 0.25) is 5.91 Å². The first kappa shape index (κ1) is 16.8. The van der Waals surface area contributed by atoms with Gasteiger partial charge in [0.05, 0.1) is 0 Å². The number of carbonyl (C=O) groups is 1. The van der Waals surface area contributed by atoms with Crippen LogP contribution >= 0.6 is 0 Å². The molecule has 0 aliphatic heterocycles. The van der Waals surface area contributed by atoms with Gasteiger partial charge in [0.25, 0.3) is 5.56 Å². The Kier molecular flexibility index (Phi) is 5.57. The third kappa shape index (κ3) is 4.11. The number of hydrogen-bond donors (Lipinski definition) is 3. The van der Waals surface area contributed by atoms with E-state index in [0.29, 0.717) is 19.6 Å². The van der Waals surface area contributed by atoms with Crippen molar-refractivity contribution in [3.63, 3.8) is 0 Å². The molecule has 0 bridgehead atoms. The van der Waals surface area contributed by atoms with Gasteiger partial charge in [-0.25, -0.2) is 4.79 Å². The lowest BCUT2D eigenvalue weighted by molar-refractivity contribution is -0.118. The minimum absolute atomic E-state index is 0.125. The van der Waals surface area contributed by atoms with E-state index in [2.05, 4.69) is 10.6 Å². The first-order valence-corrected chi connectivity index (χ1v) is 6.83. The van der Waals surface area contributed by atoms with Gasteiger partial charge >= 0.3 is 5.69 Å². The van der Waals surface area contributed by atoms with Gasteiger partial charge in [-0.3, -0.25) is 18.7 Å². The van der Waals surface area contributed by atoms with Crippen molar-refractivity contribution in [1.82, 2.24) is 14.5 Å². The Hall–Kier alpha value is -2.25. The molecule has 0 aliphatic rings. The molecule has 0 spiro atoms. The summed E-state index contributed by atoms with van der Waals surface area (Å²) in [5, 5.41) is 5.49. The molecule has 0 radical (unpaired) electrons.